The van der Waals surface area contributed by atoms with Gasteiger partial charge in [0.2, 0.25) is 0 Å². The molecule has 0 bridgehead atoms. The Hall–Kier alpha value is -3.11. The van der Waals surface area contributed by atoms with Crippen molar-refractivity contribution >= 4 is 39.8 Å². The number of carbonyl (C=O) groups excluding carboxylic acids is 2. The number of amides is 1. The number of carbonyl (C=O) groups is 2. The maximum Gasteiger partial charge on any atom is 0.261 e. The Kier molecular flexibility index (Phi) is 6.18. The van der Waals surface area contributed by atoms with Crippen molar-refractivity contribution in [1.29, 1.82) is 0 Å². The number of benzene rings is 1. The summed E-state index contributed by atoms with van der Waals surface area (Å²) < 4.78 is 13.5. The van der Waals surface area contributed by atoms with E-state index in [-0.39, 0.29) is 16.6 Å². The number of anilines is 2. The largest absolute Gasteiger partial charge is 0.487 e. The van der Waals surface area contributed by atoms with E-state index in [0.717, 1.165) is 42.2 Å². The van der Waals surface area contributed by atoms with E-state index < -0.39 is 0 Å². The van der Waals surface area contributed by atoms with Crippen LogP contribution in [0.4, 0.5) is 11.4 Å². The van der Waals surface area contributed by atoms with Gasteiger partial charge >= 0.3 is 0 Å². The smallest absolute Gasteiger partial charge is 0.261 e. The highest BCUT2D eigenvalue weighted by atomic mass is 32.2. The zero-order chi connectivity index (χ0) is 23.7. The van der Waals surface area contributed by atoms with Crippen LogP contribution < -0.4 is 15.0 Å². The van der Waals surface area contributed by atoms with Gasteiger partial charge in [-0.1, -0.05) is 11.8 Å². The van der Waals surface area contributed by atoms with E-state index >= 15 is 0 Å². The van der Waals surface area contributed by atoms with E-state index in [1.165, 1.54) is 18.0 Å². The molecule has 1 unspecified atom stereocenters. The molecule has 1 saturated heterocycles. The summed E-state index contributed by atoms with van der Waals surface area (Å²) in [5.74, 6) is 1.27. The lowest BCUT2D eigenvalue weighted by Gasteiger charge is -2.31. The van der Waals surface area contributed by atoms with Crippen LogP contribution in [0.3, 0.4) is 0 Å². The average molecular weight is 482 g/mol. The van der Waals surface area contributed by atoms with E-state index in [9.17, 15) is 9.59 Å². The standard InChI is InChI=1S/C24H27N5O4S/c1-16(30)34-11-4-24(2)14-17-12-19(20(13-21(17)33-24)28-7-9-32-10-8-28)27-23(31)18-15-26-29-6-3-5-25-22(18)29/h3,5-6,12-13,15H,4,7-11,14H2,1-2H3,(H,27,31). The molecule has 178 valence electrons. The third-order valence-electron chi connectivity index (χ3n) is 6.16. The second-order valence-corrected chi connectivity index (χ2v) is 10.1. The van der Waals surface area contributed by atoms with Gasteiger partial charge in [-0.15, -0.1) is 0 Å². The minimum Gasteiger partial charge on any atom is -0.487 e. The lowest BCUT2D eigenvalue weighted by Crippen LogP contribution is -2.36. The molecule has 10 heteroatoms. The van der Waals surface area contributed by atoms with E-state index in [2.05, 4.69) is 27.2 Å². The number of nitrogens with one attached hydrogen (secondary N) is 1. The highest BCUT2D eigenvalue weighted by Gasteiger charge is 2.36. The molecule has 2 aliphatic heterocycles. The Morgan fingerprint density at radius 3 is 2.88 bits per heavy atom. The molecule has 0 saturated carbocycles. The van der Waals surface area contributed by atoms with Crippen LogP contribution in [-0.2, 0) is 16.0 Å². The molecule has 5 rings (SSSR count). The summed E-state index contributed by atoms with van der Waals surface area (Å²) in [6.07, 6.45) is 6.41. The van der Waals surface area contributed by atoms with Crippen LogP contribution in [-0.4, -0.2) is 63.3 Å². The third kappa shape index (κ3) is 4.60. The molecule has 2 aromatic heterocycles. The quantitative estimate of drug-likeness (QED) is 0.573. The Morgan fingerprint density at radius 2 is 2.09 bits per heavy atom. The number of thioether (sulfide) groups is 1. The molecule has 1 N–H and O–H groups in total. The predicted molar refractivity (Wildman–Crippen MR) is 131 cm³/mol. The van der Waals surface area contributed by atoms with Gasteiger partial charge in [0.15, 0.2) is 10.8 Å². The number of fused-ring (bicyclic) bond motifs is 2. The van der Waals surface area contributed by atoms with Crippen molar-refractivity contribution in [3.63, 3.8) is 0 Å². The SMILES string of the molecule is CC(=O)SCCC1(C)Cc2cc(NC(=O)c3cnn4cccnc34)c(N3CCOCC3)cc2O1. The van der Waals surface area contributed by atoms with Crippen LogP contribution >= 0.6 is 11.8 Å². The fourth-order valence-electron chi connectivity index (χ4n) is 4.44. The van der Waals surface area contributed by atoms with E-state index in [1.807, 2.05) is 12.1 Å². The van der Waals surface area contributed by atoms with Gasteiger partial charge in [0.1, 0.15) is 16.9 Å². The zero-order valence-corrected chi connectivity index (χ0v) is 20.1. The normalized spacial score (nSPS) is 19.6. The summed E-state index contributed by atoms with van der Waals surface area (Å²) in [6, 6.07) is 5.80. The maximum atomic E-state index is 13.2. The molecule has 9 nitrogen and oxygen atoms in total. The molecule has 1 atom stereocenters. The van der Waals surface area contributed by atoms with Crippen molar-refractivity contribution < 1.29 is 19.1 Å². The maximum absolute atomic E-state index is 13.2. The van der Waals surface area contributed by atoms with E-state index in [0.29, 0.717) is 36.6 Å². The number of nitrogens with zero attached hydrogens (tertiary/aromatic N) is 4. The Labute approximate surface area is 201 Å². The average Bonchev–Trinajstić information content (AvgIpc) is 3.39. The summed E-state index contributed by atoms with van der Waals surface area (Å²) in [5.41, 5.74) is 3.21. The van der Waals surface area contributed by atoms with Crippen LogP contribution in [0.2, 0.25) is 0 Å². The fraction of sp³-hybridized carbons (Fsp3) is 0.417. The minimum atomic E-state index is -0.387. The first-order valence-corrected chi connectivity index (χ1v) is 12.3. The van der Waals surface area contributed by atoms with Crippen LogP contribution in [0.15, 0.2) is 36.8 Å². The van der Waals surface area contributed by atoms with Crippen molar-refractivity contribution in [3.8, 4) is 5.75 Å². The number of hydrogen-bond acceptors (Lipinski definition) is 8. The highest BCUT2D eigenvalue weighted by Crippen LogP contribution is 2.43. The Morgan fingerprint density at radius 1 is 1.26 bits per heavy atom. The zero-order valence-electron chi connectivity index (χ0n) is 19.2. The summed E-state index contributed by atoms with van der Waals surface area (Å²) in [6.45, 7) is 6.37. The molecular formula is C24H27N5O4S. The fourth-order valence-corrected chi connectivity index (χ4v) is 5.27. The van der Waals surface area contributed by atoms with Crippen molar-refractivity contribution in [2.75, 3.05) is 42.3 Å². The van der Waals surface area contributed by atoms with Gasteiger partial charge in [-0.3, -0.25) is 9.59 Å². The second kappa shape index (κ2) is 9.27. The third-order valence-corrected chi connectivity index (χ3v) is 6.97. The number of morpholine rings is 1. The van der Waals surface area contributed by atoms with E-state index in [4.69, 9.17) is 9.47 Å². The number of aromatic nitrogens is 3. The minimum absolute atomic E-state index is 0.112. The molecular weight excluding hydrogens is 454 g/mol. The Balaban J connectivity index is 1.44. The van der Waals surface area contributed by atoms with Gasteiger partial charge in [-0.2, -0.15) is 5.10 Å². The van der Waals surface area contributed by atoms with Gasteiger partial charge in [0.25, 0.3) is 5.91 Å². The van der Waals surface area contributed by atoms with Crippen molar-refractivity contribution in [3.05, 3.63) is 47.9 Å². The highest BCUT2D eigenvalue weighted by molar-refractivity contribution is 8.13. The topological polar surface area (TPSA) is 98.1 Å². The number of rotatable bonds is 6. The number of ether oxygens (including phenoxy) is 2. The monoisotopic (exact) mass is 481 g/mol. The molecule has 0 spiro atoms. The lowest BCUT2D eigenvalue weighted by atomic mass is 9.96. The van der Waals surface area contributed by atoms with Crippen molar-refractivity contribution in [1.82, 2.24) is 14.6 Å². The van der Waals surface area contributed by atoms with Gasteiger partial charge < -0.3 is 19.7 Å². The second-order valence-electron chi connectivity index (χ2n) is 8.80. The summed E-state index contributed by atoms with van der Waals surface area (Å²) in [4.78, 5) is 31.1. The van der Waals surface area contributed by atoms with Crippen LogP contribution in [0.1, 0.15) is 36.2 Å². The van der Waals surface area contributed by atoms with Crippen LogP contribution in [0.5, 0.6) is 5.75 Å². The van der Waals surface area contributed by atoms with E-state index in [1.54, 1.807) is 29.9 Å². The Bertz CT molecular complexity index is 1240. The first-order chi connectivity index (χ1) is 16.4. The van der Waals surface area contributed by atoms with Crippen LogP contribution in [0.25, 0.3) is 5.65 Å². The van der Waals surface area contributed by atoms with Crippen LogP contribution in [0, 0.1) is 0 Å². The predicted octanol–water partition coefficient (Wildman–Crippen LogP) is 3.18. The molecule has 0 radical (unpaired) electrons. The molecule has 2 aliphatic rings. The van der Waals surface area contributed by atoms with Crippen molar-refractivity contribution in [2.45, 2.75) is 32.3 Å². The molecule has 1 fully saturated rings. The van der Waals surface area contributed by atoms with Crippen molar-refractivity contribution in [2.24, 2.45) is 0 Å². The number of hydrogen-bond donors (Lipinski definition) is 1. The summed E-state index contributed by atoms with van der Waals surface area (Å²) in [5, 5.41) is 7.44. The van der Waals surface area contributed by atoms with Gasteiger partial charge in [-0.25, -0.2) is 9.50 Å². The molecule has 34 heavy (non-hydrogen) atoms. The molecule has 1 amide bonds. The molecule has 4 heterocycles. The van der Waals surface area contributed by atoms with Gasteiger partial charge in [-0.05, 0) is 25.5 Å². The first-order valence-electron chi connectivity index (χ1n) is 11.3. The van der Waals surface area contributed by atoms with Gasteiger partial charge in [0, 0.05) is 56.2 Å². The summed E-state index contributed by atoms with van der Waals surface area (Å²) in [7, 11) is 0. The first kappa shape index (κ1) is 22.7. The lowest BCUT2D eigenvalue weighted by molar-refractivity contribution is -0.109. The van der Waals surface area contributed by atoms with Gasteiger partial charge in [0.05, 0.1) is 30.8 Å². The summed E-state index contributed by atoms with van der Waals surface area (Å²) >= 11 is 1.32. The molecule has 1 aromatic carbocycles. The molecule has 0 aliphatic carbocycles. The molecule has 3 aromatic rings.